The molecule has 1 atom stereocenters. The number of carbonyl (C=O) groups is 2. The summed E-state index contributed by atoms with van der Waals surface area (Å²) < 4.78 is 18.9. The molecule has 2 aliphatic heterocycles. The number of rotatable bonds is 3. The summed E-state index contributed by atoms with van der Waals surface area (Å²) in [5.74, 6) is 0.0815. The van der Waals surface area contributed by atoms with Gasteiger partial charge in [0.15, 0.2) is 0 Å². The van der Waals surface area contributed by atoms with Gasteiger partial charge < -0.3 is 14.5 Å². The Morgan fingerprint density at radius 1 is 1.22 bits per heavy atom. The molecule has 2 amide bonds. The van der Waals surface area contributed by atoms with Crippen molar-refractivity contribution in [1.82, 2.24) is 9.80 Å². The molecule has 0 aromatic heterocycles. The maximum absolute atomic E-state index is 13.2. The number of nitrogens with zero attached hydrogens (tertiary/aromatic N) is 2. The second-order valence-electron chi connectivity index (χ2n) is 8.12. The van der Waals surface area contributed by atoms with E-state index in [1.54, 1.807) is 12.1 Å². The number of ether oxygens (including phenoxy) is 1. The van der Waals surface area contributed by atoms with E-state index in [1.165, 1.54) is 12.1 Å². The van der Waals surface area contributed by atoms with Crippen LogP contribution in [0.25, 0.3) is 0 Å². The smallest absolute Gasteiger partial charge is 0.225 e. The number of hydrogen-bond donors (Lipinski definition) is 0. The van der Waals surface area contributed by atoms with E-state index in [2.05, 4.69) is 0 Å². The van der Waals surface area contributed by atoms with Crippen molar-refractivity contribution in [2.45, 2.75) is 50.6 Å². The fourth-order valence-electron chi connectivity index (χ4n) is 4.73. The molecule has 1 saturated carbocycles. The Morgan fingerprint density at radius 3 is 2.63 bits per heavy atom. The first kappa shape index (κ1) is 18.4. The van der Waals surface area contributed by atoms with Crippen molar-refractivity contribution in [3.05, 3.63) is 35.6 Å². The van der Waals surface area contributed by atoms with Gasteiger partial charge in [-0.3, -0.25) is 9.59 Å². The molecule has 2 saturated heterocycles. The first-order valence-corrected chi connectivity index (χ1v) is 9.99. The summed E-state index contributed by atoms with van der Waals surface area (Å²) >= 11 is 0. The molecule has 3 aliphatic rings. The lowest BCUT2D eigenvalue weighted by molar-refractivity contribution is -0.139. The van der Waals surface area contributed by atoms with Gasteiger partial charge in [0.25, 0.3) is 0 Å². The van der Waals surface area contributed by atoms with E-state index < -0.39 is 5.54 Å². The molecule has 6 heteroatoms. The molecular weight excluding hydrogens is 347 g/mol. The second kappa shape index (κ2) is 7.58. The summed E-state index contributed by atoms with van der Waals surface area (Å²) in [5, 5.41) is 0. The zero-order chi connectivity index (χ0) is 18.9. The Hall–Kier alpha value is -1.95. The summed E-state index contributed by atoms with van der Waals surface area (Å²) in [7, 11) is 0. The highest BCUT2D eigenvalue weighted by molar-refractivity contribution is 5.82. The highest BCUT2D eigenvalue weighted by atomic mass is 19.1. The molecule has 0 radical (unpaired) electrons. The molecule has 0 N–H and O–H groups in total. The molecule has 1 aromatic rings. The lowest BCUT2D eigenvalue weighted by atomic mass is 9.94. The average Bonchev–Trinajstić information content (AvgIpc) is 3.34. The first-order valence-electron chi connectivity index (χ1n) is 9.99. The fourth-order valence-corrected chi connectivity index (χ4v) is 4.73. The molecule has 2 heterocycles. The molecule has 1 aliphatic carbocycles. The van der Waals surface area contributed by atoms with Crippen molar-refractivity contribution in [3.63, 3.8) is 0 Å². The van der Waals surface area contributed by atoms with E-state index in [4.69, 9.17) is 4.74 Å². The van der Waals surface area contributed by atoms with E-state index >= 15 is 0 Å². The minimum atomic E-state index is -0.476. The maximum atomic E-state index is 13.2. The molecular formula is C21H27FN2O3. The highest BCUT2D eigenvalue weighted by Gasteiger charge is 2.47. The van der Waals surface area contributed by atoms with Gasteiger partial charge in [-0.1, -0.05) is 25.0 Å². The van der Waals surface area contributed by atoms with E-state index in [1.807, 2.05) is 9.80 Å². The fraction of sp³-hybridized carbons (Fsp3) is 0.619. The van der Waals surface area contributed by atoms with E-state index in [0.717, 1.165) is 37.7 Å². The average molecular weight is 374 g/mol. The van der Waals surface area contributed by atoms with E-state index in [0.29, 0.717) is 39.3 Å². The van der Waals surface area contributed by atoms with Gasteiger partial charge in [-0.25, -0.2) is 4.39 Å². The Morgan fingerprint density at radius 2 is 1.96 bits per heavy atom. The standard InChI is InChI=1S/C21H27FN2O3/c22-18-7-5-16(6-8-18)13-24-19(25)9-11-23(14-21(24)10-12-27-15-21)20(26)17-3-1-2-4-17/h5-8,17H,1-4,9-15H2. The van der Waals surface area contributed by atoms with Crippen molar-refractivity contribution < 1.29 is 18.7 Å². The molecule has 146 valence electrons. The molecule has 4 rings (SSSR count). The van der Waals surface area contributed by atoms with Crippen molar-refractivity contribution in [1.29, 1.82) is 0 Å². The van der Waals surface area contributed by atoms with Gasteiger partial charge in [-0.15, -0.1) is 0 Å². The zero-order valence-electron chi connectivity index (χ0n) is 15.7. The number of carbonyl (C=O) groups excluding carboxylic acids is 2. The van der Waals surface area contributed by atoms with Crippen LogP contribution >= 0.6 is 0 Å². The van der Waals surface area contributed by atoms with Crippen LogP contribution in [0.5, 0.6) is 0 Å². The van der Waals surface area contributed by atoms with Gasteiger partial charge in [0, 0.05) is 38.6 Å². The van der Waals surface area contributed by atoms with Crippen LogP contribution in [0.15, 0.2) is 24.3 Å². The predicted molar refractivity (Wildman–Crippen MR) is 98.3 cm³/mol. The molecule has 5 nitrogen and oxygen atoms in total. The Balaban J connectivity index is 1.57. The first-order chi connectivity index (χ1) is 13.1. The van der Waals surface area contributed by atoms with Crippen LogP contribution in [-0.2, 0) is 20.9 Å². The van der Waals surface area contributed by atoms with Crippen LogP contribution in [0.2, 0.25) is 0 Å². The Labute approximate surface area is 159 Å². The molecule has 1 spiro atoms. The Kier molecular flexibility index (Phi) is 5.17. The summed E-state index contributed by atoms with van der Waals surface area (Å²) in [5.41, 5.74) is 0.419. The largest absolute Gasteiger partial charge is 0.379 e. The molecule has 27 heavy (non-hydrogen) atoms. The molecule has 0 bridgehead atoms. The number of amides is 2. The van der Waals surface area contributed by atoms with Crippen molar-refractivity contribution in [2.24, 2.45) is 5.92 Å². The summed E-state index contributed by atoms with van der Waals surface area (Å²) in [6.07, 6.45) is 5.23. The van der Waals surface area contributed by atoms with Crippen LogP contribution in [0.1, 0.15) is 44.1 Å². The number of halogens is 1. The van der Waals surface area contributed by atoms with Gasteiger partial charge >= 0.3 is 0 Å². The Bertz CT molecular complexity index is 694. The molecule has 1 unspecified atom stereocenters. The van der Waals surface area contributed by atoms with Crippen molar-refractivity contribution >= 4 is 11.8 Å². The van der Waals surface area contributed by atoms with Crippen LogP contribution < -0.4 is 0 Å². The van der Waals surface area contributed by atoms with Gasteiger partial charge in [0.05, 0.1) is 12.1 Å². The van der Waals surface area contributed by atoms with Crippen LogP contribution in [0.3, 0.4) is 0 Å². The molecule has 1 aromatic carbocycles. The minimum absolute atomic E-state index is 0.0477. The minimum Gasteiger partial charge on any atom is -0.379 e. The third-order valence-corrected chi connectivity index (χ3v) is 6.31. The summed E-state index contributed by atoms with van der Waals surface area (Å²) in [4.78, 5) is 29.8. The lowest BCUT2D eigenvalue weighted by Gasteiger charge is -2.41. The van der Waals surface area contributed by atoms with Crippen LogP contribution in [0.4, 0.5) is 4.39 Å². The topological polar surface area (TPSA) is 49.9 Å². The summed E-state index contributed by atoms with van der Waals surface area (Å²) in [6, 6.07) is 6.29. The van der Waals surface area contributed by atoms with E-state index in [9.17, 15) is 14.0 Å². The molecule has 3 fully saturated rings. The lowest BCUT2D eigenvalue weighted by Crippen LogP contribution is -2.56. The third-order valence-electron chi connectivity index (χ3n) is 6.31. The monoisotopic (exact) mass is 374 g/mol. The van der Waals surface area contributed by atoms with Gasteiger partial charge in [-0.05, 0) is 37.0 Å². The van der Waals surface area contributed by atoms with Crippen LogP contribution in [-0.4, -0.2) is 53.5 Å². The summed E-state index contributed by atoms with van der Waals surface area (Å²) in [6.45, 7) is 2.49. The van der Waals surface area contributed by atoms with Crippen LogP contribution in [0, 0.1) is 11.7 Å². The number of benzene rings is 1. The van der Waals surface area contributed by atoms with E-state index in [-0.39, 0.29) is 23.5 Å². The second-order valence-corrected chi connectivity index (χ2v) is 8.12. The third kappa shape index (κ3) is 3.72. The van der Waals surface area contributed by atoms with Gasteiger partial charge in [0.1, 0.15) is 5.82 Å². The van der Waals surface area contributed by atoms with Crippen molar-refractivity contribution in [3.8, 4) is 0 Å². The highest BCUT2D eigenvalue weighted by Crippen LogP contribution is 2.34. The zero-order valence-corrected chi connectivity index (χ0v) is 15.7. The maximum Gasteiger partial charge on any atom is 0.225 e. The van der Waals surface area contributed by atoms with Gasteiger partial charge in [0.2, 0.25) is 11.8 Å². The SMILES string of the molecule is O=C(C1CCCC1)N1CCC(=O)N(Cc2ccc(F)cc2)C2(CCOC2)C1. The quantitative estimate of drug-likeness (QED) is 0.817. The predicted octanol–water partition coefficient (Wildman–Crippen LogP) is 2.74. The van der Waals surface area contributed by atoms with Gasteiger partial charge in [-0.2, -0.15) is 0 Å². The normalized spacial score (nSPS) is 26.8. The number of hydrogen-bond acceptors (Lipinski definition) is 3. The van der Waals surface area contributed by atoms with Crippen molar-refractivity contribution in [2.75, 3.05) is 26.3 Å².